The number of carbonyl (C=O) groups is 1. The van der Waals surface area contributed by atoms with Crippen molar-refractivity contribution in [2.45, 2.75) is 39.2 Å². The maximum absolute atomic E-state index is 13.0. The second-order valence-corrected chi connectivity index (χ2v) is 9.36. The molecule has 9 heteroatoms. The molecular formula is C27H27ClN6O2. The predicted octanol–water partition coefficient (Wildman–Crippen LogP) is 6.07. The van der Waals surface area contributed by atoms with E-state index in [1.165, 1.54) is 17.3 Å². The summed E-state index contributed by atoms with van der Waals surface area (Å²) in [5, 5.41) is 11.2. The first kappa shape index (κ1) is 23.8. The Morgan fingerprint density at radius 2 is 2.00 bits per heavy atom. The van der Waals surface area contributed by atoms with Gasteiger partial charge in [-0.1, -0.05) is 23.7 Å². The van der Waals surface area contributed by atoms with Crippen LogP contribution in [0, 0.1) is 0 Å². The molecule has 0 fully saturated rings. The third-order valence-electron chi connectivity index (χ3n) is 6.23. The average molecular weight is 503 g/mol. The van der Waals surface area contributed by atoms with E-state index in [4.69, 9.17) is 16.3 Å². The van der Waals surface area contributed by atoms with Crippen molar-refractivity contribution in [3.05, 3.63) is 76.6 Å². The first-order chi connectivity index (χ1) is 17.4. The van der Waals surface area contributed by atoms with E-state index in [1.807, 2.05) is 42.9 Å². The molecule has 0 saturated carbocycles. The number of amides is 1. The number of nitrogens with one attached hydrogen (secondary N) is 2. The van der Waals surface area contributed by atoms with Crippen LogP contribution in [0.15, 0.2) is 54.9 Å². The molecule has 5 rings (SSSR count). The highest BCUT2D eigenvalue weighted by Gasteiger charge is 2.18. The van der Waals surface area contributed by atoms with E-state index >= 15 is 0 Å². The fourth-order valence-corrected chi connectivity index (χ4v) is 4.53. The van der Waals surface area contributed by atoms with Crippen LogP contribution in [0.2, 0.25) is 5.02 Å². The topological polar surface area (TPSA) is 94.0 Å². The molecule has 8 nitrogen and oxygen atoms in total. The Morgan fingerprint density at radius 1 is 1.14 bits per heavy atom. The van der Waals surface area contributed by atoms with Gasteiger partial charge >= 0.3 is 0 Å². The molecular weight excluding hydrogens is 476 g/mol. The van der Waals surface area contributed by atoms with Crippen LogP contribution in [0.1, 0.15) is 47.8 Å². The Labute approximate surface area is 214 Å². The van der Waals surface area contributed by atoms with Crippen LogP contribution >= 0.6 is 11.6 Å². The number of hydrogen-bond acceptors (Lipinski definition) is 6. The maximum atomic E-state index is 13.0. The zero-order valence-electron chi connectivity index (χ0n) is 20.4. The highest BCUT2D eigenvalue weighted by atomic mass is 35.5. The third kappa shape index (κ3) is 4.77. The summed E-state index contributed by atoms with van der Waals surface area (Å²) in [6.45, 7) is 4.10. The molecule has 2 N–H and O–H groups in total. The molecule has 0 bridgehead atoms. The number of aryl methyl sites for hydroxylation is 1. The quantitative estimate of drug-likeness (QED) is 0.318. The summed E-state index contributed by atoms with van der Waals surface area (Å²) in [7, 11) is 1.55. The smallest absolute Gasteiger partial charge is 0.255 e. The number of carbonyl (C=O) groups excluding carboxylic acids is 1. The van der Waals surface area contributed by atoms with Gasteiger partial charge in [0.25, 0.3) is 5.91 Å². The lowest BCUT2D eigenvalue weighted by molar-refractivity contribution is 0.102. The fourth-order valence-electron chi connectivity index (χ4n) is 4.35. The lowest BCUT2D eigenvalue weighted by atomic mass is 10.1. The summed E-state index contributed by atoms with van der Waals surface area (Å²) >= 11 is 6.37. The summed E-state index contributed by atoms with van der Waals surface area (Å²) in [6.07, 6.45) is 6.58. The number of anilines is 3. The maximum Gasteiger partial charge on any atom is 0.255 e. The highest BCUT2D eigenvalue weighted by molar-refractivity contribution is 6.32. The second-order valence-electron chi connectivity index (χ2n) is 8.96. The van der Waals surface area contributed by atoms with E-state index in [0.717, 1.165) is 24.9 Å². The van der Waals surface area contributed by atoms with Crippen molar-refractivity contribution in [2.75, 3.05) is 17.7 Å². The lowest BCUT2D eigenvalue weighted by Crippen LogP contribution is -2.13. The number of aromatic nitrogens is 4. The lowest BCUT2D eigenvalue weighted by Gasteiger charge is -2.14. The number of benzene rings is 2. The molecule has 1 amide bonds. The molecule has 4 aromatic rings. The van der Waals surface area contributed by atoms with Crippen molar-refractivity contribution in [3.8, 4) is 17.1 Å². The average Bonchev–Trinajstić information content (AvgIpc) is 3.56. The largest absolute Gasteiger partial charge is 0.495 e. The Morgan fingerprint density at radius 3 is 2.78 bits per heavy atom. The summed E-state index contributed by atoms with van der Waals surface area (Å²) in [5.41, 5.74) is 5.71. The van der Waals surface area contributed by atoms with Crippen molar-refractivity contribution in [3.63, 3.8) is 0 Å². The third-order valence-corrected chi connectivity index (χ3v) is 6.51. The van der Waals surface area contributed by atoms with Gasteiger partial charge in [-0.05, 0) is 74.6 Å². The summed E-state index contributed by atoms with van der Waals surface area (Å²) in [5.74, 6) is 0.639. The van der Waals surface area contributed by atoms with Crippen LogP contribution in [0.4, 0.5) is 17.3 Å². The molecule has 2 heterocycles. The van der Waals surface area contributed by atoms with Crippen LogP contribution in [0.3, 0.4) is 0 Å². The molecule has 36 heavy (non-hydrogen) atoms. The summed E-state index contributed by atoms with van der Waals surface area (Å²) in [6, 6.07) is 13.4. The molecule has 0 unspecified atom stereocenters. The minimum Gasteiger partial charge on any atom is -0.495 e. The Bertz CT molecular complexity index is 1430. The number of hydrogen-bond donors (Lipinski definition) is 2. The number of nitrogens with zero attached hydrogens (tertiary/aromatic N) is 4. The van der Waals surface area contributed by atoms with Crippen molar-refractivity contribution in [1.29, 1.82) is 0 Å². The van der Waals surface area contributed by atoms with Gasteiger partial charge in [0, 0.05) is 23.5 Å². The van der Waals surface area contributed by atoms with Crippen LogP contribution in [-0.4, -0.2) is 32.8 Å². The monoisotopic (exact) mass is 502 g/mol. The number of methoxy groups -OCH3 is 1. The first-order valence-corrected chi connectivity index (χ1v) is 12.3. The van der Waals surface area contributed by atoms with Gasteiger partial charge in [0.1, 0.15) is 17.1 Å². The second kappa shape index (κ2) is 9.99. The van der Waals surface area contributed by atoms with E-state index in [0.29, 0.717) is 39.4 Å². The SMILES string of the molecule is COc1cc(C(=O)Nc2cccc3c2CCC3)ccc1Nc1ncc(Cl)c(-c2ccn(C(C)C)n2)n1. The number of fused-ring (bicyclic) bond motifs is 1. The van der Waals surface area contributed by atoms with Crippen molar-refractivity contribution in [1.82, 2.24) is 19.7 Å². The van der Waals surface area contributed by atoms with Gasteiger partial charge in [0.05, 0.1) is 24.0 Å². The number of ether oxygens (including phenoxy) is 1. The highest BCUT2D eigenvalue weighted by Crippen LogP contribution is 2.32. The zero-order chi connectivity index (χ0) is 25.2. The fraction of sp³-hybridized carbons (Fsp3) is 0.259. The molecule has 0 aliphatic heterocycles. The van der Waals surface area contributed by atoms with Gasteiger partial charge in [-0.15, -0.1) is 0 Å². The molecule has 1 aliphatic carbocycles. The van der Waals surface area contributed by atoms with E-state index in [2.05, 4.69) is 31.8 Å². The molecule has 2 aromatic heterocycles. The Hall–Kier alpha value is -3.91. The predicted molar refractivity (Wildman–Crippen MR) is 141 cm³/mol. The minimum atomic E-state index is -0.189. The van der Waals surface area contributed by atoms with Gasteiger partial charge in [-0.3, -0.25) is 9.48 Å². The molecule has 0 saturated heterocycles. The Kier molecular flexibility index (Phi) is 6.61. The molecule has 1 aliphatic rings. The first-order valence-electron chi connectivity index (χ1n) is 11.9. The van der Waals surface area contributed by atoms with Crippen molar-refractivity contribution >= 4 is 34.8 Å². The molecule has 0 radical (unpaired) electrons. The standard InChI is InChI=1S/C27H27ClN6O2/c1-16(2)34-13-12-23(33-34)25-20(28)15-29-27(32-25)31-22-11-10-18(14-24(22)36-3)26(35)30-21-9-5-7-17-6-4-8-19(17)21/h5,7,9-16H,4,6,8H2,1-3H3,(H,30,35)(H,29,31,32). The van der Waals surface area contributed by atoms with Gasteiger partial charge in [0.15, 0.2) is 0 Å². The number of halogens is 1. The van der Waals surface area contributed by atoms with E-state index in [1.54, 1.807) is 25.3 Å². The van der Waals surface area contributed by atoms with Gasteiger partial charge in [0.2, 0.25) is 5.95 Å². The van der Waals surface area contributed by atoms with Crippen LogP contribution in [0.5, 0.6) is 5.75 Å². The normalized spacial score (nSPS) is 12.5. The number of rotatable bonds is 7. The minimum absolute atomic E-state index is 0.189. The van der Waals surface area contributed by atoms with Gasteiger partial charge in [-0.25, -0.2) is 9.97 Å². The van der Waals surface area contributed by atoms with Crippen LogP contribution < -0.4 is 15.4 Å². The van der Waals surface area contributed by atoms with Crippen LogP contribution in [0.25, 0.3) is 11.4 Å². The van der Waals surface area contributed by atoms with Gasteiger partial charge < -0.3 is 15.4 Å². The molecule has 0 spiro atoms. The summed E-state index contributed by atoms with van der Waals surface area (Å²) in [4.78, 5) is 21.9. The van der Waals surface area contributed by atoms with Crippen LogP contribution in [-0.2, 0) is 12.8 Å². The van der Waals surface area contributed by atoms with E-state index < -0.39 is 0 Å². The molecule has 184 valence electrons. The van der Waals surface area contributed by atoms with Crippen molar-refractivity contribution < 1.29 is 9.53 Å². The Balaban J connectivity index is 1.37. The van der Waals surface area contributed by atoms with E-state index in [9.17, 15) is 4.79 Å². The zero-order valence-corrected chi connectivity index (χ0v) is 21.1. The van der Waals surface area contributed by atoms with Gasteiger partial charge in [-0.2, -0.15) is 5.10 Å². The molecule has 0 atom stereocenters. The summed E-state index contributed by atoms with van der Waals surface area (Å²) < 4.78 is 7.41. The van der Waals surface area contributed by atoms with E-state index in [-0.39, 0.29) is 11.9 Å². The van der Waals surface area contributed by atoms with Crippen molar-refractivity contribution in [2.24, 2.45) is 0 Å². The molecule has 2 aromatic carbocycles.